The first-order valence-electron chi connectivity index (χ1n) is 9.96. The number of aromatic nitrogens is 2. The number of fused-ring (bicyclic) bond motifs is 1. The molecule has 3 rings (SSSR count). The Hall–Kier alpha value is -3.21. The van der Waals surface area contributed by atoms with Crippen molar-refractivity contribution in [1.82, 2.24) is 20.2 Å². The molecule has 0 aromatic carbocycles. The van der Waals surface area contributed by atoms with Crippen LogP contribution in [0.1, 0.15) is 57.1 Å². The van der Waals surface area contributed by atoms with Crippen LogP contribution in [0.4, 0.5) is 13.2 Å². The molecule has 1 aliphatic heterocycles. The van der Waals surface area contributed by atoms with E-state index in [1.807, 2.05) is 0 Å². The smallest absolute Gasteiger partial charge is 0.422 e. The van der Waals surface area contributed by atoms with E-state index in [9.17, 15) is 22.8 Å². The number of nitrogens with zero attached hydrogens (tertiary/aromatic N) is 3. The predicted octanol–water partition coefficient (Wildman–Crippen LogP) is 2.56. The molecule has 0 fully saturated rings. The minimum Gasteiger partial charge on any atom is -0.482 e. The second kappa shape index (κ2) is 9.51. The van der Waals surface area contributed by atoms with Gasteiger partial charge in [0.15, 0.2) is 6.61 Å². The van der Waals surface area contributed by atoms with Gasteiger partial charge < -0.3 is 20.1 Å². The van der Waals surface area contributed by atoms with Gasteiger partial charge in [-0.3, -0.25) is 19.6 Å². The van der Waals surface area contributed by atoms with Crippen molar-refractivity contribution in [1.29, 1.82) is 0 Å². The third-order valence-electron chi connectivity index (χ3n) is 5.08. The maximum absolute atomic E-state index is 13.0. The summed E-state index contributed by atoms with van der Waals surface area (Å²) in [6.07, 6.45) is -1.46. The molecule has 11 heteroatoms. The average Bonchev–Trinajstić information content (AvgIpc) is 3.08. The van der Waals surface area contributed by atoms with Crippen molar-refractivity contribution in [2.75, 3.05) is 19.8 Å². The zero-order valence-electron chi connectivity index (χ0n) is 17.6. The number of aliphatic hydroxyl groups excluding tert-OH is 1. The largest absolute Gasteiger partial charge is 0.482 e. The van der Waals surface area contributed by atoms with Crippen molar-refractivity contribution in [2.24, 2.45) is 0 Å². The van der Waals surface area contributed by atoms with Crippen molar-refractivity contribution >= 4 is 11.8 Å². The van der Waals surface area contributed by atoms with Crippen LogP contribution in [-0.4, -0.2) is 57.7 Å². The van der Waals surface area contributed by atoms with Crippen molar-refractivity contribution in [3.05, 3.63) is 52.6 Å². The van der Waals surface area contributed by atoms with E-state index < -0.39 is 24.7 Å². The maximum atomic E-state index is 13.0. The minimum absolute atomic E-state index is 0.0142. The van der Waals surface area contributed by atoms with E-state index in [1.54, 1.807) is 26.0 Å². The molecule has 1 aliphatic rings. The van der Waals surface area contributed by atoms with Gasteiger partial charge in [0.2, 0.25) is 0 Å². The number of aryl methyl sites for hydroxylation is 1. The van der Waals surface area contributed by atoms with Gasteiger partial charge >= 0.3 is 6.18 Å². The molecule has 2 N–H and O–H groups in total. The molecule has 0 bridgehead atoms. The Labute approximate surface area is 182 Å². The SMILES string of the molecule is Cc1cc(C(C)N2Cc3c(ccnc3C(=O)NCCCO)C2=O)ncc1OCC(F)(F)F. The number of hydrogen-bond donors (Lipinski definition) is 2. The number of pyridine rings is 2. The lowest BCUT2D eigenvalue weighted by Gasteiger charge is -2.24. The van der Waals surface area contributed by atoms with Gasteiger partial charge in [-0.15, -0.1) is 0 Å². The fourth-order valence-corrected chi connectivity index (χ4v) is 3.39. The molecule has 2 aromatic rings. The van der Waals surface area contributed by atoms with Gasteiger partial charge in [0, 0.05) is 37.0 Å². The van der Waals surface area contributed by atoms with Gasteiger partial charge in [-0.25, -0.2) is 0 Å². The molecule has 32 heavy (non-hydrogen) atoms. The molecule has 0 spiro atoms. The van der Waals surface area contributed by atoms with Crippen LogP contribution in [0, 0.1) is 6.92 Å². The molecule has 8 nitrogen and oxygen atoms in total. The third kappa shape index (κ3) is 5.16. The van der Waals surface area contributed by atoms with Crippen LogP contribution in [0.3, 0.4) is 0 Å². The summed E-state index contributed by atoms with van der Waals surface area (Å²) in [4.78, 5) is 35.2. The van der Waals surface area contributed by atoms with Crippen molar-refractivity contribution in [3.8, 4) is 5.75 Å². The van der Waals surface area contributed by atoms with Crippen LogP contribution in [0.5, 0.6) is 5.75 Å². The lowest BCUT2D eigenvalue weighted by atomic mass is 10.1. The van der Waals surface area contributed by atoms with Crippen molar-refractivity contribution < 1.29 is 32.6 Å². The Balaban J connectivity index is 1.77. The normalized spacial score (nSPS) is 14.3. The molecule has 1 atom stereocenters. The number of carbonyl (C=O) groups is 2. The zero-order valence-corrected chi connectivity index (χ0v) is 17.6. The summed E-state index contributed by atoms with van der Waals surface area (Å²) < 4.78 is 42.0. The molecule has 0 aliphatic carbocycles. The van der Waals surface area contributed by atoms with Gasteiger partial charge in [0.05, 0.1) is 17.9 Å². The number of aliphatic hydroxyl groups is 1. The molecule has 0 saturated heterocycles. The summed E-state index contributed by atoms with van der Waals surface area (Å²) in [7, 11) is 0. The van der Waals surface area contributed by atoms with E-state index in [2.05, 4.69) is 15.3 Å². The lowest BCUT2D eigenvalue weighted by molar-refractivity contribution is -0.153. The summed E-state index contributed by atoms with van der Waals surface area (Å²) in [5, 5.41) is 11.5. The Morgan fingerprint density at radius 3 is 2.78 bits per heavy atom. The first kappa shape index (κ1) is 23.5. The third-order valence-corrected chi connectivity index (χ3v) is 5.08. The van der Waals surface area contributed by atoms with E-state index in [-0.39, 0.29) is 37.0 Å². The summed E-state index contributed by atoms with van der Waals surface area (Å²) in [5.41, 5.74) is 1.93. The van der Waals surface area contributed by atoms with Gasteiger partial charge in [0.1, 0.15) is 11.4 Å². The number of alkyl halides is 3. The van der Waals surface area contributed by atoms with Crippen LogP contribution in [0.2, 0.25) is 0 Å². The number of hydrogen-bond acceptors (Lipinski definition) is 6. The minimum atomic E-state index is -4.46. The molecule has 2 amide bonds. The zero-order chi connectivity index (χ0) is 23.5. The molecule has 0 radical (unpaired) electrons. The van der Waals surface area contributed by atoms with Crippen LogP contribution in [0.25, 0.3) is 0 Å². The quantitative estimate of drug-likeness (QED) is 0.597. The predicted molar refractivity (Wildman–Crippen MR) is 107 cm³/mol. The topological polar surface area (TPSA) is 105 Å². The van der Waals surface area contributed by atoms with Crippen molar-refractivity contribution in [3.63, 3.8) is 0 Å². The molecule has 0 saturated carbocycles. The second-order valence-corrected chi connectivity index (χ2v) is 7.41. The summed E-state index contributed by atoms with van der Waals surface area (Å²) >= 11 is 0. The van der Waals surface area contributed by atoms with Crippen LogP contribution in [-0.2, 0) is 6.54 Å². The number of rotatable bonds is 8. The molecule has 2 aromatic heterocycles. The van der Waals surface area contributed by atoms with Gasteiger partial charge in [-0.05, 0) is 38.0 Å². The Morgan fingerprint density at radius 2 is 2.12 bits per heavy atom. The first-order chi connectivity index (χ1) is 15.1. The number of nitrogens with one attached hydrogen (secondary N) is 1. The summed E-state index contributed by atoms with van der Waals surface area (Å²) in [6, 6.07) is 2.62. The van der Waals surface area contributed by atoms with Crippen LogP contribution in [0.15, 0.2) is 24.5 Å². The fourth-order valence-electron chi connectivity index (χ4n) is 3.39. The van der Waals surface area contributed by atoms with E-state index in [0.717, 1.165) is 0 Å². The Bertz CT molecular complexity index is 1010. The summed E-state index contributed by atoms with van der Waals surface area (Å²) in [6.45, 7) is 2.29. The molecule has 172 valence electrons. The number of amides is 2. The molecule has 1 unspecified atom stereocenters. The van der Waals surface area contributed by atoms with Gasteiger partial charge in [-0.1, -0.05) is 0 Å². The number of carbonyl (C=O) groups excluding carboxylic acids is 2. The van der Waals surface area contributed by atoms with E-state index in [0.29, 0.717) is 28.8 Å². The number of halogens is 3. The van der Waals surface area contributed by atoms with Crippen LogP contribution < -0.4 is 10.1 Å². The highest BCUT2D eigenvalue weighted by molar-refractivity contribution is 6.03. The highest BCUT2D eigenvalue weighted by atomic mass is 19.4. The average molecular weight is 452 g/mol. The molecular formula is C21H23F3N4O4. The molecular weight excluding hydrogens is 429 g/mol. The van der Waals surface area contributed by atoms with Gasteiger partial charge in [-0.2, -0.15) is 13.2 Å². The Morgan fingerprint density at radius 1 is 1.38 bits per heavy atom. The lowest BCUT2D eigenvalue weighted by Crippen LogP contribution is -2.28. The highest BCUT2D eigenvalue weighted by Crippen LogP contribution is 2.33. The molecule has 3 heterocycles. The monoisotopic (exact) mass is 452 g/mol. The Kier molecular flexibility index (Phi) is 6.97. The maximum Gasteiger partial charge on any atom is 0.422 e. The summed E-state index contributed by atoms with van der Waals surface area (Å²) in [5.74, 6) is -0.714. The van der Waals surface area contributed by atoms with E-state index >= 15 is 0 Å². The number of ether oxygens (including phenoxy) is 1. The van der Waals surface area contributed by atoms with Crippen molar-refractivity contribution in [2.45, 2.75) is 39.0 Å². The highest BCUT2D eigenvalue weighted by Gasteiger charge is 2.35. The van der Waals surface area contributed by atoms with E-state index in [4.69, 9.17) is 9.84 Å². The first-order valence-corrected chi connectivity index (χ1v) is 9.96. The standard InChI is InChI=1S/C21H23F3N4O4/c1-12-8-16(27-9-17(12)32-11-21(22,23)24)13(2)28-10-15-14(20(28)31)4-6-25-18(15)19(30)26-5-3-7-29/h4,6,8-9,13,29H,3,5,7,10-11H2,1-2H3,(H,26,30). The van der Waals surface area contributed by atoms with Gasteiger partial charge in [0.25, 0.3) is 11.8 Å². The van der Waals surface area contributed by atoms with Crippen LogP contribution >= 0.6 is 0 Å². The van der Waals surface area contributed by atoms with E-state index in [1.165, 1.54) is 17.3 Å². The second-order valence-electron chi connectivity index (χ2n) is 7.41. The fraction of sp³-hybridized carbons (Fsp3) is 0.429.